The van der Waals surface area contributed by atoms with E-state index in [1.54, 1.807) is 7.11 Å². The summed E-state index contributed by atoms with van der Waals surface area (Å²) in [5.74, 6) is 0.775. The zero-order chi connectivity index (χ0) is 12.0. The Bertz CT molecular complexity index is 340. The summed E-state index contributed by atoms with van der Waals surface area (Å²) in [4.78, 5) is 0. The van der Waals surface area contributed by atoms with Crippen molar-refractivity contribution in [2.45, 2.75) is 12.5 Å². The number of nitrogens with two attached hydrogens (primary N) is 1. The topological polar surface area (TPSA) is 67.5 Å². The summed E-state index contributed by atoms with van der Waals surface area (Å²) in [5.41, 5.74) is 6.13. The molecule has 0 aliphatic heterocycles. The number of benzene rings is 1. The fraction of sp³-hybridized carbons (Fsp3) is 0.364. The van der Waals surface area contributed by atoms with Crippen molar-refractivity contribution in [3.8, 4) is 5.75 Å². The van der Waals surface area contributed by atoms with Gasteiger partial charge in [0.05, 0.1) is 13.2 Å². The molecule has 0 heterocycles. The molecule has 1 aromatic rings. The van der Waals surface area contributed by atoms with Crippen LogP contribution in [0.25, 0.3) is 0 Å². The lowest BCUT2D eigenvalue weighted by molar-refractivity contribution is 0.168. The van der Waals surface area contributed by atoms with Gasteiger partial charge in [-0.15, -0.1) is 0 Å². The molecule has 4 nitrogen and oxygen atoms in total. The predicted molar refractivity (Wildman–Crippen MR) is 67.4 cm³/mol. The molecule has 16 heavy (non-hydrogen) atoms. The van der Waals surface area contributed by atoms with E-state index in [-0.39, 0.29) is 5.11 Å². The van der Waals surface area contributed by atoms with E-state index in [4.69, 9.17) is 10.5 Å². The van der Waals surface area contributed by atoms with Crippen LogP contribution in [0.4, 0.5) is 0 Å². The molecule has 0 aromatic heterocycles. The number of rotatable bonds is 5. The Morgan fingerprint density at radius 1 is 1.50 bits per heavy atom. The molecule has 0 aliphatic carbocycles. The van der Waals surface area contributed by atoms with Gasteiger partial charge in [0, 0.05) is 6.54 Å². The van der Waals surface area contributed by atoms with E-state index in [9.17, 15) is 5.11 Å². The van der Waals surface area contributed by atoms with Gasteiger partial charge >= 0.3 is 0 Å². The number of hydrogen-bond donors (Lipinski definition) is 3. The first-order chi connectivity index (χ1) is 7.63. The third kappa shape index (κ3) is 4.04. The highest BCUT2D eigenvalue weighted by Crippen LogP contribution is 2.19. The molecule has 0 radical (unpaired) electrons. The molecular formula is C11H16N2O2S. The Kier molecular flexibility index (Phi) is 5.01. The molecule has 1 atom stereocenters. The number of methoxy groups -OCH3 is 1. The quantitative estimate of drug-likeness (QED) is 0.669. The Morgan fingerprint density at radius 3 is 2.62 bits per heavy atom. The molecule has 0 saturated carbocycles. The number of ether oxygens (including phenoxy) is 1. The molecule has 0 fully saturated rings. The summed E-state index contributed by atoms with van der Waals surface area (Å²) < 4.78 is 5.03. The fourth-order valence-corrected chi connectivity index (χ4v) is 1.43. The van der Waals surface area contributed by atoms with E-state index < -0.39 is 6.10 Å². The lowest BCUT2D eigenvalue weighted by atomic mass is 10.1. The average Bonchev–Trinajstić information content (AvgIpc) is 2.28. The largest absolute Gasteiger partial charge is 0.497 e. The molecule has 88 valence electrons. The number of hydrogen-bond acceptors (Lipinski definition) is 3. The Labute approximate surface area is 100 Å². The van der Waals surface area contributed by atoms with Crippen LogP contribution >= 0.6 is 12.2 Å². The normalized spacial score (nSPS) is 11.9. The van der Waals surface area contributed by atoms with Crippen molar-refractivity contribution >= 4 is 17.3 Å². The van der Waals surface area contributed by atoms with Crippen LogP contribution in [0, 0.1) is 0 Å². The third-order valence-electron chi connectivity index (χ3n) is 2.22. The third-order valence-corrected chi connectivity index (χ3v) is 2.36. The molecule has 0 saturated heterocycles. The van der Waals surface area contributed by atoms with Gasteiger partial charge in [-0.25, -0.2) is 0 Å². The molecule has 4 N–H and O–H groups in total. The summed E-state index contributed by atoms with van der Waals surface area (Å²) in [5, 5.41) is 12.9. The second kappa shape index (κ2) is 6.30. The minimum absolute atomic E-state index is 0.252. The average molecular weight is 240 g/mol. The van der Waals surface area contributed by atoms with Gasteiger partial charge in [0.15, 0.2) is 5.11 Å². The lowest BCUT2D eigenvalue weighted by Crippen LogP contribution is -2.30. The maximum Gasteiger partial charge on any atom is 0.163 e. The van der Waals surface area contributed by atoms with E-state index in [0.717, 1.165) is 11.3 Å². The van der Waals surface area contributed by atoms with Gasteiger partial charge in [-0.3, -0.25) is 0 Å². The minimum Gasteiger partial charge on any atom is -0.497 e. The van der Waals surface area contributed by atoms with Gasteiger partial charge < -0.3 is 20.9 Å². The molecule has 1 rings (SSSR count). The van der Waals surface area contributed by atoms with Crippen LogP contribution in [0.3, 0.4) is 0 Å². The number of aliphatic hydroxyl groups is 1. The molecule has 0 aliphatic rings. The van der Waals surface area contributed by atoms with Gasteiger partial charge in [-0.05, 0) is 36.3 Å². The summed E-state index contributed by atoms with van der Waals surface area (Å²) in [6.07, 6.45) is 0.0386. The van der Waals surface area contributed by atoms with Crippen LogP contribution in [-0.4, -0.2) is 23.9 Å². The van der Waals surface area contributed by atoms with Crippen molar-refractivity contribution in [2.24, 2.45) is 5.73 Å². The van der Waals surface area contributed by atoms with Gasteiger partial charge in [-0.2, -0.15) is 0 Å². The van der Waals surface area contributed by atoms with Crippen molar-refractivity contribution in [1.82, 2.24) is 5.32 Å². The smallest absolute Gasteiger partial charge is 0.163 e. The molecule has 0 bridgehead atoms. The highest BCUT2D eigenvalue weighted by molar-refractivity contribution is 7.80. The van der Waals surface area contributed by atoms with Crippen molar-refractivity contribution < 1.29 is 9.84 Å². The van der Waals surface area contributed by atoms with E-state index >= 15 is 0 Å². The summed E-state index contributed by atoms with van der Waals surface area (Å²) in [6, 6.07) is 7.31. The van der Waals surface area contributed by atoms with E-state index in [1.807, 2.05) is 24.3 Å². The monoisotopic (exact) mass is 240 g/mol. The van der Waals surface area contributed by atoms with Gasteiger partial charge in [0.25, 0.3) is 0 Å². The first-order valence-electron chi connectivity index (χ1n) is 4.99. The fourth-order valence-electron chi connectivity index (χ4n) is 1.32. The number of nitrogens with one attached hydrogen (secondary N) is 1. The highest BCUT2D eigenvalue weighted by atomic mass is 32.1. The van der Waals surface area contributed by atoms with E-state index in [1.165, 1.54) is 0 Å². The van der Waals surface area contributed by atoms with Crippen molar-refractivity contribution in [3.63, 3.8) is 0 Å². The molecule has 5 heteroatoms. The zero-order valence-electron chi connectivity index (χ0n) is 9.14. The number of aliphatic hydroxyl groups excluding tert-OH is 1. The summed E-state index contributed by atoms with van der Waals surface area (Å²) >= 11 is 4.67. The van der Waals surface area contributed by atoms with Crippen LogP contribution < -0.4 is 15.8 Å². The molecule has 1 unspecified atom stereocenters. The molecule has 0 spiro atoms. The molecular weight excluding hydrogens is 224 g/mol. The zero-order valence-corrected chi connectivity index (χ0v) is 9.96. The standard InChI is InChI=1S/C11H16N2O2S/c1-15-9-4-2-8(3-5-9)10(14)6-7-13-11(12)16/h2-5,10,14H,6-7H2,1H3,(H3,12,13,16). The maximum absolute atomic E-state index is 9.83. The maximum atomic E-state index is 9.83. The first-order valence-corrected chi connectivity index (χ1v) is 5.39. The van der Waals surface area contributed by atoms with Crippen LogP contribution in [0.5, 0.6) is 5.75 Å². The minimum atomic E-state index is -0.521. The summed E-state index contributed by atoms with van der Waals surface area (Å²) in [6.45, 7) is 0.558. The van der Waals surface area contributed by atoms with Gasteiger partial charge in [0.1, 0.15) is 5.75 Å². The van der Waals surface area contributed by atoms with E-state index in [0.29, 0.717) is 13.0 Å². The molecule has 1 aromatic carbocycles. The van der Waals surface area contributed by atoms with Crippen LogP contribution in [0.15, 0.2) is 24.3 Å². The SMILES string of the molecule is COc1ccc(C(O)CCNC(N)=S)cc1. The lowest BCUT2D eigenvalue weighted by Gasteiger charge is -2.12. The van der Waals surface area contributed by atoms with Crippen LogP contribution in [0.1, 0.15) is 18.1 Å². The van der Waals surface area contributed by atoms with Gasteiger partial charge in [-0.1, -0.05) is 12.1 Å². The molecule has 0 amide bonds. The van der Waals surface area contributed by atoms with Gasteiger partial charge in [0.2, 0.25) is 0 Å². The van der Waals surface area contributed by atoms with E-state index in [2.05, 4.69) is 17.5 Å². The first kappa shape index (κ1) is 12.7. The second-order valence-electron chi connectivity index (χ2n) is 3.37. The summed E-state index contributed by atoms with van der Waals surface area (Å²) in [7, 11) is 1.61. The van der Waals surface area contributed by atoms with Crippen molar-refractivity contribution in [2.75, 3.05) is 13.7 Å². The Balaban J connectivity index is 2.45. The Hall–Kier alpha value is -1.33. The van der Waals surface area contributed by atoms with Crippen molar-refractivity contribution in [1.29, 1.82) is 0 Å². The van der Waals surface area contributed by atoms with Crippen LogP contribution in [-0.2, 0) is 0 Å². The number of thiocarbonyl (C=S) groups is 1. The Morgan fingerprint density at radius 2 is 2.12 bits per heavy atom. The van der Waals surface area contributed by atoms with Crippen LogP contribution in [0.2, 0.25) is 0 Å². The highest BCUT2D eigenvalue weighted by Gasteiger charge is 2.06. The second-order valence-corrected chi connectivity index (χ2v) is 3.81. The van der Waals surface area contributed by atoms with Crippen molar-refractivity contribution in [3.05, 3.63) is 29.8 Å². The predicted octanol–water partition coefficient (Wildman–Crippen LogP) is 0.952.